The minimum absolute atomic E-state index is 0.206. The zero-order valence-electron chi connectivity index (χ0n) is 14.0. The third kappa shape index (κ3) is 3.74. The standard InChI is InChI=1S/C21H21NO2/c1-22(2)18-13-10-16(11-14-18)12-15-21(23)24-20-9-5-7-17-6-3-4-8-19(17)20/h3-11,13-14H,12,15H2,1-2H3. The summed E-state index contributed by atoms with van der Waals surface area (Å²) < 4.78 is 5.56. The van der Waals surface area contributed by atoms with Gasteiger partial charge in [0.25, 0.3) is 0 Å². The topological polar surface area (TPSA) is 29.5 Å². The predicted octanol–water partition coefficient (Wildman–Crippen LogP) is 4.44. The van der Waals surface area contributed by atoms with Gasteiger partial charge in [0, 0.05) is 31.6 Å². The average molecular weight is 319 g/mol. The second-order valence-electron chi connectivity index (χ2n) is 6.01. The number of nitrogens with zero attached hydrogens (tertiary/aromatic N) is 1. The predicted molar refractivity (Wildman–Crippen MR) is 98.7 cm³/mol. The van der Waals surface area contributed by atoms with E-state index >= 15 is 0 Å². The van der Waals surface area contributed by atoms with Gasteiger partial charge in [-0.25, -0.2) is 0 Å². The summed E-state index contributed by atoms with van der Waals surface area (Å²) in [7, 11) is 4.02. The molecule has 24 heavy (non-hydrogen) atoms. The van der Waals surface area contributed by atoms with E-state index in [0.29, 0.717) is 18.6 Å². The molecule has 0 spiro atoms. The van der Waals surface area contributed by atoms with Crippen molar-refractivity contribution in [3.05, 3.63) is 72.3 Å². The quantitative estimate of drug-likeness (QED) is 0.514. The molecule has 0 bridgehead atoms. The maximum absolute atomic E-state index is 12.2. The number of fused-ring (bicyclic) bond motifs is 1. The van der Waals surface area contributed by atoms with Crippen molar-refractivity contribution < 1.29 is 9.53 Å². The van der Waals surface area contributed by atoms with Crippen LogP contribution in [0.25, 0.3) is 10.8 Å². The van der Waals surface area contributed by atoms with Gasteiger partial charge in [0.2, 0.25) is 0 Å². The number of carbonyl (C=O) groups is 1. The highest BCUT2D eigenvalue weighted by atomic mass is 16.5. The number of rotatable bonds is 5. The van der Waals surface area contributed by atoms with Gasteiger partial charge in [0.15, 0.2) is 0 Å². The Balaban J connectivity index is 1.63. The van der Waals surface area contributed by atoms with Gasteiger partial charge in [-0.2, -0.15) is 0 Å². The molecule has 3 heteroatoms. The van der Waals surface area contributed by atoms with E-state index in [1.54, 1.807) is 0 Å². The fraction of sp³-hybridized carbons (Fsp3) is 0.190. The van der Waals surface area contributed by atoms with E-state index in [2.05, 4.69) is 29.2 Å². The number of esters is 1. The van der Waals surface area contributed by atoms with Crippen LogP contribution in [0.1, 0.15) is 12.0 Å². The zero-order valence-corrected chi connectivity index (χ0v) is 14.0. The summed E-state index contributed by atoms with van der Waals surface area (Å²) in [5.74, 6) is 0.420. The average Bonchev–Trinajstić information content (AvgIpc) is 2.61. The number of benzene rings is 3. The Morgan fingerprint density at radius 3 is 2.38 bits per heavy atom. The molecule has 0 aliphatic carbocycles. The summed E-state index contributed by atoms with van der Waals surface area (Å²) in [6, 6.07) is 21.9. The molecule has 0 atom stereocenters. The Morgan fingerprint density at radius 1 is 0.917 bits per heavy atom. The van der Waals surface area contributed by atoms with Gasteiger partial charge < -0.3 is 9.64 Å². The van der Waals surface area contributed by atoms with Crippen molar-refractivity contribution in [2.45, 2.75) is 12.8 Å². The van der Waals surface area contributed by atoms with Crippen LogP contribution in [0.4, 0.5) is 5.69 Å². The summed E-state index contributed by atoms with van der Waals surface area (Å²) in [4.78, 5) is 14.2. The first-order valence-corrected chi connectivity index (χ1v) is 8.08. The molecule has 0 aromatic heterocycles. The Morgan fingerprint density at radius 2 is 1.62 bits per heavy atom. The Kier molecular flexibility index (Phi) is 4.80. The van der Waals surface area contributed by atoms with Gasteiger partial charge in [-0.05, 0) is 35.6 Å². The molecule has 3 nitrogen and oxygen atoms in total. The summed E-state index contributed by atoms with van der Waals surface area (Å²) in [5.41, 5.74) is 2.28. The van der Waals surface area contributed by atoms with Crippen molar-refractivity contribution in [1.82, 2.24) is 0 Å². The Labute approximate surface area is 142 Å². The van der Waals surface area contributed by atoms with Gasteiger partial charge in [-0.1, -0.05) is 48.5 Å². The van der Waals surface area contributed by atoms with Gasteiger partial charge in [0.1, 0.15) is 5.75 Å². The van der Waals surface area contributed by atoms with E-state index < -0.39 is 0 Å². The van der Waals surface area contributed by atoms with E-state index in [4.69, 9.17) is 4.74 Å². The lowest BCUT2D eigenvalue weighted by atomic mass is 10.1. The maximum Gasteiger partial charge on any atom is 0.311 e. The van der Waals surface area contributed by atoms with Crippen LogP contribution >= 0.6 is 0 Å². The fourth-order valence-electron chi connectivity index (χ4n) is 2.67. The summed E-state index contributed by atoms with van der Waals surface area (Å²) >= 11 is 0. The number of carbonyl (C=O) groups excluding carboxylic acids is 1. The van der Waals surface area contributed by atoms with Crippen LogP contribution in [0, 0.1) is 0 Å². The normalized spacial score (nSPS) is 10.6. The van der Waals surface area contributed by atoms with Crippen LogP contribution in [0.15, 0.2) is 66.7 Å². The van der Waals surface area contributed by atoms with Gasteiger partial charge in [0.05, 0.1) is 0 Å². The largest absolute Gasteiger partial charge is 0.426 e. The molecule has 3 rings (SSSR count). The summed E-state index contributed by atoms with van der Waals surface area (Å²) in [6.07, 6.45) is 1.04. The molecule has 0 aliphatic rings. The van der Waals surface area contributed by atoms with Crippen molar-refractivity contribution in [1.29, 1.82) is 0 Å². The SMILES string of the molecule is CN(C)c1ccc(CCC(=O)Oc2cccc3ccccc23)cc1. The molecular formula is C21H21NO2. The van der Waals surface area contributed by atoms with E-state index in [1.165, 1.54) is 0 Å². The molecule has 0 radical (unpaired) electrons. The zero-order chi connectivity index (χ0) is 16.9. The number of aryl methyl sites for hydroxylation is 1. The van der Waals surface area contributed by atoms with E-state index in [1.807, 2.05) is 56.6 Å². The lowest BCUT2D eigenvalue weighted by molar-refractivity contribution is -0.134. The highest BCUT2D eigenvalue weighted by Crippen LogP contribution is 2.25. The minimum Gasteiger partial charge on any atom is -0.426 e. The molecule has 0 saturated heterocycles. The smallest absolute Gasteiger partial charge is 0.311 e. The molecule has 0 N–H and O–H groups in total. The van der Waals surface area contributed by atoms with Crippen LogP contribution in [0.5, 0.6) is 5.75 Å². The second-order valence-corrected chi connectivity index (χ2v) is 6.01. The fourth-order valence-corrected chi connectivity index (χ4v) is 2.67. The molecular weight excluding hydrogens is 298 g/mol. The molecule has 0 unspecified atom stereocenters. The first kappa shape index (κ1) is 16.1. The first-order valence-electron chi connectivity index (χ1n) is 8.08. The lowest BCUT2D eigenvalue weighted by Gasteiger charge is -2.12. The highest BCUT2D eigenvalue weighted by molar-refractivity contribution is 5.90. The number of hydrogen-bond acceptors (Lipinski definition) is 3. The van der Waals surface area contributed by atoms with E-state index in [9.17, 15) is 4.79 Å². The summed E-state index contributed by atoms with van der Waals surface area (Å²) in [5, 5.41) is 2.03. The lowest BCUT2D eigenvalue weighted by Crippen LogP contribution is -2.10. The van der Waals surface area contributed by atoms with Crippen molar-refractivity contribution in [3.63, 3.8) is 0 Å². The van der Waals surface area contributed by atoms with Crippen molar-refractivity contribution in [2.24, 2.45) is 0 Å². The van der Waals surface area contributed by atoms with Crippen molar-refractivity contribution in [2.75, 3.05) is 19.0 Å². The third-order valence-electron chi connectivity index (χ3n) is 4.04. The molecule has 0 heterocycles. The highest BCUT2D eigenvalue weighted by Gasteiger charge is 2.08. The molecule has 0 amide bonds. The van der Waals surface area contributed by atoms with Gasteiger partial charge in [-0.15, -0.1) is 0 Å². The van der Waals surface area contributed by atoms with Crippen LogP contribution in [-0.2, 0) is 11.2 Å². The second kappa shape index (κ2) is 7.18. The third-order valence-corrected chi connectivity index (χ3v) is 4.04. The number of ether oxygens (including phenoxy) is 1. The number of anilines is 1. The Bertz CT molecular complexity index is 833. The van der Waals surface area contributed by atoms with Crippen LogP contribution < -0.4 is 9.64 Å². The van der Waals surface area contributed by atoms with Crippen LogP contribution in [0.3, 0.4) is 0 Å². The monoisotopic (exact) mass is 319 g/mol. The van der Waals surface area contributed by atoms with E-state index in [-0.39, 0.29) is 5.97 Å². The molecule has 122 valence electrons. The van der Waals surface area contributed by atoms with Gasteiger partial charge >= 0.3 is 5.97 Å². The Hall–Kier alpha value is -2.81. The molecule has 3 aromatic carbocycles. The number of hydrogen-bond donors (Lipinski definition) is 0. The summed E-state index contributed by atoms with van der Waals surface area (Å²) in [6.45, 7) is 0. The minimum atomic E-state index is -0.206. The van der Waals surface area contributed by atoms with Crippen LogP contribution in [0.2, 0.25) is 0 Å². The van der Waals surface area contributed by atoms with Crippen molar-refractivity contribution in [3.8, 4) is 5.75 Å². The molecule has 0 saturated carbocycles. The maximum atomic E-state index is 12.2. The first-order chi connectivity index (χ1) is 11.6. The molecule has 0 aliphatic heterocycles. The molecule has 0 fully saturated rings. The molecule has 3 aromatic rings. The van der Waals surface area contributed by atoms with Gasteiger partial charge in [-0.3, -0.25) is 4.79 Å². The van der Waals surface area contributed by atoms with Crippen molar-refractivity contribution >= 4 is 22.4 Å². The van der Waals surface area contributed by atoms with E-state index in [0.717, 1.165) is 22.0 Å². The van der Waals surface area contributed by atoms with Crippen LogP contribution in [-0.4, -0.2) is 20.1 Å².